The van der Waals surface area contributed by atoms with Gasteiger partial charge in [0.25, 0.3) is 5.69 Å². The van der Waals surface area contributed by atoms with Crippen LogP contribution < -0.4 is 0 Å². The highest BCUT2D eigenvalue weighted by molar-refractivity contribution is 5.56. The van der Waals surface area contributed by atoms with Crippen molar-refractivity contribution in [1.82, 2.24) is 10.1 Å². The van der Waals surface area contributed by atoms with Crippen molar-refractivity contribution < 1.29 is 9.45 Å². The largest absolute Gasteiger partial charge is 0.339 e. The van der Waals surface area contributed by atoms with Crippen LogP contribution in [0.1, 0.15) is 19.2 Å². The van der Waals surface area contributed by atoms with E-state index in [0.717, 1.165) is 12.8 Å². The molecule has 0 amide bonds. The zero-order chi connectivity index (χ0) is 12.3. The maximum atomic E-state index is 10.5. The molecule has 1 aromatic carbocycles. The molecule has 1 heterocycles. The Hall–Kier alpha value is -2.24. The number of aryl methyl sites for hydroxylation is 1. The molecule has 0 N–H and O–H groups in total. The molecule has 2 rings (SSSR count). The highest BCUT2D eigenvalue weighted by atomic mass is 16.6. The molecular formula is C11H11N3O3. The number of non-ortho nitro benzene ring substituents is 1. The van der Waals surface area contributed by atoms with Crippen molar-refractivity contribution in [2.24, 2.45) is 0 Å². The minimum atomic E-state index is -0.442. The summed E-state index contributed by atoms with van der Waals surface area (Å²) in [4.78, 5) is 14.2. The second kappa shape index (κ2) is 4.73. The van der Waals surface area contributed by atoms with Crippen molar-refractivity contribution >= 4 is 5.69 Å². The molecule has 6 heteroatoms. The van der Waals surface area contributed by atoms with Crippen LogP contribution in [0.3, 0.4) is 0 Å². The van der Waals surface area contributed by atoms with Gasteiger partial charge in [0.2, 0.25) is 11.7 Å². The first-order chi connectivity index (χ1) is 8.20. The smallest absolute Gasteiger partial charge is 0.269 e. The lowest BCUT2D eigenvalue weighted by Crippen LogP contribution is -1.88. The van der Waals surface area contributed by atoms with Gasteiger partial charge in [0, 0.05) is 24.1 Å². The van der Waals surface area contributed by atoms with E-state index in [-0.39, 0.29) is 5.69 Å². The molecule has 6 nitrogen and oxygen atoms in total. The van der Waals surface area contributed by atoms with Crippen molar-refractivity contribution in [3.05, 3.63) is 40.3 Å². The zero-order valence-corrected chi connectivity index (χ0v) is 9.29. The molecule has 0 unspecified atom stereocenters. The van der Waals surface area contributed by atoms with Gasteiger partial charge in [-0.15, -0.1) is 0 Å². The first-order valence-electron chi connectivity index (χ1n) is 5.28. The van der Waals surface area contributed by atoms with E-state index in [1.54, 1.807) is 12.1 Å². The van der Waals surface area contributed by atoms with Crippen molar-refractivity contribution in [3.63, 3.8) is 0 Å². The summed E-state index contributed by atoms with van der Waals surface area (Å²) in [5.74, 6) is 1.05. The van der Waals surface area contributed by atoms with Gasteiger partial charge in [-0.3, -0.25) is 10.1 Å². The molecule has 0 saturated carbocycles. The van der Waals surface area contributed by atoms with Gasteiger partial charge in [0.15, 0.2) is 0 Å². The lowest BCUT2D eigenvalue weighted by molar-refractivity contribution is -0.384. The SMILES string of the molecule is CCCc1nc(-c2ccc([N+](=O)[O-])cc2)no1. The van der Waals surface area contributed by atoms with Crippen LogP contribution in [0.15, 0.2) is 28.8 Å². The molecule has 0 saturated heterocycles. The van der Waals surface area contributed by atoms with Crippen molar-refractivity contribution in [3.8, 4) is 11.4 Å². The molecule has 1 aromatic heterocycles. The predicted octanol–water partition coefficient (Wildman–Crippen LogP) is 2.60. The summed E-state index contributed by atoms with van der Waals surface area (Å²) in [5, 5.41) is 14.3. The molecule has 0 radical (unpaired) electrons. The second-order valence-electron chi connectivity index (χ2n) is 3.57. The lowest BCUT2D eigenvalue weighted by Gasteiger charge is -1.93. The van der Waals surface area contributed by atoms with Gasteiger partial charge in [-0.1, -0.05) is 12.1 Å². The molecule has 0 fully saturated rings. The Morgan fingerprint density at radius 1 is 1.35 bits per heavy atom. The molecule has 2 aromatic rings. The van der Waals surface area contributed by atoms with E-state index < -0.39 is 4.92 Å². The van der Waals surface area contributed by atoms with E-state index in [2.05, 4.69) is 10.1 Å². The lowest BCUT2D eigenvalue weighted by atomic mass is 10.2. The maximum Gasteiger partial charge on any atom is 0.269 e. The zero-order valence-electron chi connectivity index (χ0n) is 9.29. The maximum absolute atomic E-state index is 10.5. The standard InChI is InChI=1S/C11H11N3O3/c1-2-3-10-12-11(13-17-10)8-4-6-9(7-5-8)14(15)16/h4-7H,2-3H2,1H3. The first kappa shape index (κ1) is 11.3. The number of hydrogen-bond donors (Lipinski definition) is 0. The van der Waals surface area contributed by atoms with Crippen molar-refractivity contribution in [2.75, 3.05) is 0 Å². The van der Waals surface area contributed by atoms with Gasteiger partial charge in [-0.2, -0.15) is 4.98 Å². The van der Waals surface area contributed by atoms with E-state index in [4.69, 9.17) is 4.52 Å². The van der Waals surface area contributed by atoms with Gasteiger partial charge >= 0.3 is 0 Å². The Labute approximate surface area is 97.4 Å². The average molecular weight is 233 g/mol. The quantitative estimate of drug-likeness (QED) is 0.598. The Bertz CT molecular complexity index is 519. The third-order valence-corrected chi connectivity index (χ3v) is 2.27. The van der Waals surface area contributed by atoms with Crippen molar-refractivity contribution in [2.45, 2.75) is 19.8 Å². The molecule has 0 aliphatic carbocycles. The summed E-state index contributed by atoms with van der Waals surface area (Å²) in [6.45, 7) is 2.02. The molecule has 0 aliphatic heterocycles. The molecule has 0 spiro atoms. The van der Waals surface area contributed by atoms with Crippen LogP contribution in [0.5, 0.6) is 0 Å². The number of rotatable bonds is 4. The number of aromatic nitrogens is 2. The van der Waals surface area contributed by atoms with Gasteiger partial charge in [0.1, 0.15) is 0 Å². The molecule has 0 bridgehead atoms. The fourth-order valence-corrected chi connectivity index (χ4v) is 1.42. The number of nitrogens with zero attached hydrogens (tertiary/aromatic N) is 3. The van der Waals surface area contributed by atoms with Crippen LogP contribution in [-0.4, -0.2) is 15.1 Å². The van der Waals surface area contributed by atoms with E-state index in [1.165, 1.54) is 12.1 Å². The van der Waals surface area contributed by atoms with E-state index in [0.29, 0.717) is 17.3 Å². The fourth-order valence-electron chi connectivity index (χ4n) is 1.42. The van der Waals surface area contributed by atoms with E-state index in [1.807, 2.05) is 6.92 Å². The molecule has 0 atom stereocenters. The van der Waals surface area contributed by atoms with Gasteiger partial charge in [0.05, 0.1) is 4.92 Å². The highest BCUT2D eigenvalue weighted by Crippen LogP contribution is 2.19. The Kier molecular flexibility index (Phi) is 3.13. The summed E-state index contributed by atoms with van der Waals surface area (Å²) < 4.78 is 5.04. The number of benzene rings is 1. The summed E-state index contributed by atoms with van der Waals surface area (Å²) in [5.41, 5.74) is 0.757. The van der Waals surface area contributed by atoms with Crippen LogP contribution in [0, 0.1) is 10.1 Å². The number of hydrogen-bond acceptors (Lipinski definition) is 5. The minimum Gasteiger partial charge on any atom is -0.339 e. The Morgan fingerprint density at radius 3 is 2.65 bits per heavy atom. The van der Waals surface area contributed by atoms with Crippen LogP contribution in [0.2, 0.25) is 0 Å². The van der Waals surface area contributed by atoms with Crippen molar-refractivity contribution in [1.29, 1.82) is 0 Å². The van der Waals surface area contributed by atoms with Crippen LogP contribution in [-0.2, 0) is 6.42 Å². The number of nitro groups is 1. The molecular weight excluding hydrogens is 222 g/mol. The Morgan fingerprint density at radius 2 is 2.06 bits per heavy atom. The summed E-state index contributed by atoms with van der Waals surface area (Å²) in [7, 11) is 0. The van der Waals surface area contributed by atoms with E-state index in [9.17, 15) is 10.1 Å². The summed E-state index contributed by atoms with van der Waals surface area (Å²) >= 11 is 0. The predicted molar refractivity (Wildman–Crippen MR) is 60.4 cm³/mol. The van der Waals surface area contributed by atoms with Gasteiger partial charge in [-0.25, -0.2) is 0 Å². The van der Waals surface area contributed by atoms with E-state index >= 15 is 0 Å². The average Bonchev–Trinajstić information content (AvgIpc) is 2.78. The number of nitro benzene ring substituents is 1. The summed E-state index contributed by atoms with van der Waals surface area (Å²) in [6, 6.07) is 6.06. The van der Waals surface area contributed by atoms with Gasteiger partial charge < -0.3 is 4.52 Å². The highest BCUT2D eigenvalue weighted by Gasteiger charge is 2.10. The normalized spacial score (nSPS) is 10.4. The first-order valence-corrected chi connectivity index (χ1v) is 5.28. The van der Waals surface area contributed by atoms with Crippen LogP contribution in [0.4, 0.5) is 5.69 Å². The Balaban J connectivity index is 2.23. The molecule has 17 heavy (non-hydrogen) atoms. The minimum absolute atomic E-state index is 0.0472. The molecule has 0 aliphatic rings. The fraction of sp³-hybridized carbons (Fsp3) is 0.273. The topological polar surface area (TPSA) is 82.1 Å². The third-order valence-electron chi connectivity index (χ3n) is 2.27. The third kappa shape index (κ3) is 2.47. The van der Waals surface area contributed by atoms with Crippen LogP contribution in [0.25, 0.3) is 11.4 Å². The van der Waals surface area contributed by atoms with Crippen LogP contribution >= 0.6 is 0 Å². The monoisotopic (exact) mass is 233 g/mol. The van der Waals surface area contributed by atoms with Gasteiger partial charge in [-0.05, 0) is 18.6 Å². The summed E-state index contributed by atoms with van der Waals surface area (Å²) in [6.07, 6.45) is 1.67. The molecule has 88 valence electrons. The second-order valence-corrected chi connectivity index (χ2v) is 3.57.